The van der Waals surface area contributed by atoms with Crippen LogP contribution in [0.2, 0.25) is 0 Å². The Hall–Kier alpha value is -4.48. The van der Waals surface area contributed by atoms with E-state index >= 15 is 0 Å². The van der Waals surface area contributed by atoms with Gasteiger partial charge in [-0.3, -0.25) is 9.59 Å². The summed E-state index contributed by atoms with van der Waals surface area (Å²) in [5.41, 5.74) is 1.92. The van der Waals surface area contributed by atoms with E-state index in [9.17, 15) is 23.9 Å². The summed E-state index contributed by atoms with van der Waals surface area (Å²) in [4.78, 5) is 43.5. The second kappa shape index (κ2) is 17.6. The third kappa shape index (κ3) is 10.5. The number of benzene rings is 3. The van der Waals surface area contributed by atoms with Crippen molar-refractivity contribution in [2.75, 3.05) is 44.0 Å². The highest BCUT2D eigenvalue weighted by molar-refractivity contribution is 6.02. The molecule has 3 aromatic carbocycles. The van der Waals surface area contributed by atoms with Crippen LogP contribution in [0.5, 0.6) is 5.75 Å². The SMILES string of the molecule is C[C@H](CO)N1C[C@H](C)[C@@H](CN(C)C(=O)Cc2ccccc2)OCCCC[C@H](C)Oc2ccc(NC(=O)Nc3ccc(F)cc3)cc2C1=O. The highest BCUT2D eigenvalue weighted by atomic mass is 19.1. The average Bonchev–Trinajstić information content (AvgIpc) is 3.07. The lowest BCUT2D eigenvalue weighted by Gasteiger charge is -2.36. The fourth-order valence-electron chi connectivity index (χ4n) is 5.57. The number of likely N-dealkylation sites (N-methyl/N-ethyl adjacent to an activating group) is 1. The van der Waals surface area contributed by atoms with Gasteiger partial charge in [0.05, 0.1) is 36.8 Å². The number of hydrogen-bond acceptors (Lipinski definition) is 6. The minimum Gasteiger partial charge on any atom is -0.490 e. The Morgan fingerprint density at radius 2 is 1.71 bits per heavy atom. The van der Waals surface area contributed by atoms with Gasteiger partial charge in [0.1, 0.15) is 11.6 Å². The van der Waals surface area contributed by atoms with Gasteiger partial charge >= 0.3 is 6.03 Å². The highest BCUT2D eigenvalue weighted by Gasteiger charge is 2.31. The quantitative estimate of drug-likeness (QED) is 0.274. The molecule has 0 aliphatic carbocycles. The molecule has 0 aromatic heterocycles. The number of aliphatic hydroxyl groups is 1. The second-order valence-corrected chi connectivity index (χ2v) is 12.5. The number of halogens is 1. The summed E-state index contributed by atoms with van der Waals surface area (Å²) < 4.78 is 25.9. The Morgan fingerprint density at radius 3 is 2.42 bits per heavy atom. The van der Waals surface area contributed by atoms with Crippen molar-refractivity contribution in [3.8, 4) is 5.75 Å². The number of carbonyl (C=O) groups excluding carboxylic acids is 3. The van der Waals surface area contributed by atoms with Gasteiger partial charge in [0.2, 0.25) is 5.91 Å². The summed E-state index contributed by atoms with van der Waals surface area (Å²) in [6.45, 7) is 6.49. The molecule has 3 aromatic rings. The number of anilines is 2. The predicted octanol–water partition coefficient (Wildman–Crippen LogP) is 5.97. The van der Waals surface area contributed by atoms with Gasteiger partial charge in [0.25, 0.3) is 5.91 Å². The lowest BCUT2D eigenvalue weighted by Crippen LogP contribution is -2.48. The number of rotatable bonds is 8. The first-order valence-corrected chi connectivity index (χ1v) is 16.5. The monoisotopic (exact) mass is 662 g/mol. The predicted molar refractivity (Wildman–Crippen MR) is 184 cm³/mol. The Bertz CT molecular complexity index is 1510. The lowest BCUT2D eigenvalue weighted by atomic mass is 10.0. The molecule has 0 saturated carbocycles. The van der Waals surface area contributed by atoms with E-state index in [0.29, 0.717) is 30.3 Å². The first-order chi connectivity index (χ1) is 23.0. The molecule has 0 bridgehead atoms. The van der Waals surface area contributed by atoms with Crippen molar-refractivity contribution in [2.24, 2.45) is 5.92 Å². The molecule has 4 amide bonds. The molecule has 0 unspecified atom stereocenters. The summed E-state index contributed by atoms with van der Waals surface area (Å²) in [5, 5.41) is 15.6. The molecular weight excluding hydrogens is 615 g/mol. The topological polar surface area (TPSA) is 120 Å². The van der Waals surface area contributed by atoms with Gasteiger partial charge in [-0.2, -0.15) is 0 Å². The Kier molecular flexibility index (Phi) is 13.3. The van der Waals surface area contributed by atoms with Crippen molar-refractivity contribution in [3.63, 3.8) is 0 Å². The Labute approximate surface area is 282 Å². The number of fused-ring (bicyclic) bond motifs is 1. The molecule has 3 N–H and O–H groups in total. The van der Waals surface area contributed by atoms with Crippen LogP contribution in [0.25, 0.3) is 0 Å². The maximum atomic E-state index is 14.3. The molecule has 0 spiro atoms. The minimum absolute atomic E-state index is 0.0311. The van der Waals surface area contributed by atoms with Crippen LogP contribution in [-0.4, -0.2) is 84.4 Å². The largest absolute Gasteiger partial charge is 0.490 e. The number of amides is 4. The van der Waals surface area contributed by atoms with Crippen molar-refractivity contribution < 1.29 is 33.4 Å². The van der Waals surface area contributed by atoms with Gasteiger partial charge in [0, 0.05) is 44.0 Å². The smallest absolute Gasteiger partial charge is 0.323 e. The number of ether oxygens (including phenoxy) is 2. The Balaban J connectivity index is 1.57. The molecular formula is C37H47FN4O6. The lowest BCUT2D eigenvalue weighted by molar-refractivity contribution is -0.131. The first-order valence-electron chi connectivity index (χ1n) is 16.5. The van der Waals surface area contributed by atoms with Crippen LogP contribution in [0.4, 0.5) is 20.6 Å². The molecule has 10 nitrogen and oxygen atoms in total. The third-order valence-electron chi connectivity index (χ3n) is 8.49. The fraction of sp³-hybridized carbons (Fsp3) is 0.432. The molecule has 258 valence electrons. The molecule has 1 aliphatic rings. The van der Waals surface area contributed by atoms with Gasteiger partial charge in [0.15, 0.2) is 0 Å². The van der Waals surface area contributed by atoms with Gasteiger partial charge in [-0.05, 0) is 81.1 Å². The van der Waals surface area contributed by atoms with Gasteiger partial charge in [-0.25, -0.2) is 9.18 Å². The maximum absolute atomic E-state index is 14.3. The number of carbonyl (C=O) groups is 3. The summed E-state index contributed by atoms with van der Waals surface area (Å²) in [7, 11) is 1.77. The number of hydrogen-bond donors (Lipinski definition) is 3. The molecule has 4 atom stereocenters. The maximum Gasteiger partial charge on any atom is 0.323 e. The van der Waals surface area contributed by atoms with Crippen LogP contribution >= 0.6 is 0 Å². The molecule has 1 heterocycles. The molecule has 4 rings (SSSR count). The number of urea groups is 1. The zero-order chi connectivity index (χ0) is 34.6. The summed E-state index contributed by atoms with van der Waals surface area (Å²) in [6, 6.07) is 18.7. The normalized spacial score (nSPS) is 19.7. The van der Waals surface area contributed by atoms with E-state index in [2.05, 4.69) is 10.6 Å². The van der Waals surface area contributed by atoms with E-state index in [1.807, 2.05) is 44.2 Å². The van der Waals surface area contributed by atoms with Crippen molar-refractivity contribution in [3.05, 3.63) is 89.7 Å². The average molecular weight is 663 g/mol. The number of nitrogens with zero attached hydrogens (tertiary/aromatic N) is 2. The van der Waals surface area contributed by atoms with E-state index in [0.717, 1.165) is 24.8 Å². The van der Waals surface area contributed by atoms with Gasteiger partial charge in [-0.1, -0.05) is 37.3 Å². The van der Waals surface area contributed by atoms with Crippen LogP contribution < -0.4 is 15.4 Å². The fourth-order valence-corrected chi connectivity index (χ4v) is 5.57. The first kappa shape index (κ1) is 36.4. The van der Waals surface area contributed by atoms with Crippen LogP contribution in [0.1, 0.15) is 56.0 Å². The zero-order valence-electron chi connectivity index (χ0n) is 28.2. The highest BCUT2D eigenvalue weighted by Crippen LogP contribution is 2.29. The number of nitrogens with one attached hydrogen (secondary N) is 2. The Morgan fingerprint density at radius 1 is 1.02 bits per heavy atom. The summed E-state index contributed by atoms with van der Waals surface area (Å²) in [5.74, 6) is -0.661. The molecule has 1 aliphatic heterocycles. The van der Waals surface area contributed by atoms with E-state index in [-0.39, 0.29) is 55.1 Å². The molecule has 0 saturated heterocycles. The van der Waals surface area contributed by atoms with E-state index in [1.165, 1.54) is 24.3 Å². The van der Waals surface area contributed by atoms with Crippen molar-refractivity contribution in [1.29, 1.82) is 0 Å². The van der Waals surface area contributed by atoms with Gasteiger partial charge in [-0.15, -0.1) is 0 Å². The molecule has 0 fully saturated rings. The molecule has 48 heavy (non-hydrogen) atoms. The van der Waals surface area contributed by atoms with E-state index in [1.54, 1.807) is 42.0 Å². The van der Waals surface area contributed by atoms with E-state index in [4.69, 9.17) is 9.47 Å². The van der Waals surface area contributed by atoms with Crippen molar-refractivity contribution >= 4 is 29.2 Å². The second-order valence-electron chi connectivity index (χ2n) is 12.5. The van der Waals surface area contributed by atoms with Crippen LogP contribution in [0, 0.1) is 11.7 Å². The van der Waals surface area contributed by atoms with Crippen LogP contribution in [0.3, 0.4) is 0 Å². The van der Waals surface area contributed by atoms with Gasteiger partial charge < -0.3 is 35.0 Å². The standard InChI is InChI=1S/C37H47FN4O6/c1-25-22-42(26(2)24-43)36(45)32-21-31(40-37(46)39-30-15-13-29(38)14-16-30)17-18-33(32)48-27(3)10-8-9-19-47-34(25)23-41(4)35(44)20-28-11-6-5-7-12-28/h5-7,11-18,21,25-27,34,43H,8-10,19-20,22-24H2,1-4H3,(H2,39,40,46)/t25-,26+,27-,34+/m0/s1. The van der Waals surface area contributed by atoms with E-state index < -0.39 is 17.9 Å². The molecule has 0 radical (unpaired) electrons. The third-order valence-corrected chi connectivity index (χ3v) is 8.49. The van der Waals surface area contributed by atoms with Crippen molar-refractivity contribution in [2.45, 2.75) is 64.7 Å². The zero-order valence-corrected chi connectivity index (χ0v) is 28.2. The summed E-state index contributed by atoms with van der Waals surface area (Å²) >= 11 is 0. The summed E-state index contributed by atoms with van der Waals surface area (Å²) in [6.07, 6.45) is 2.06. The van der Waals surface area contributed by atoms with Crippen LogP contribution in [-0.2, 0) is 16.0 Å². The van der Waals surface area contributed by atoms with Crippen molar-refractivity contribution in [1.82, 2.24) is 9.80 Å². The molecule has 11 heteroatoms. The van der Waals surface area contributed by atoms with Crippen LogP contribution in [0.15, 0.2) is 72.8 Å². The minimum atomic E-state index is -0.565. The number of aliphatic hydroxyl groups excluding tert-OH is 1.